The fourth-order valence-electron chi connectivity index (χ4n) is 0.754. The number of carboxylic acids is 1. The van der Waals surface area contributed by atoms with Gasteiger partial charge in [-0.2, -0.15) is 0 Å². The van der Waals surface area contributed by atoms with Crippen LogP contribution in [0.2, 0.25) is 0 Å². The monoisotopic (exact) mass is 203 g/mol. The number of rotatable bonds is 3. The van der Waals surface area contributed by atoms with Crippen LogP contribution in [-0.2, 0) is 4.79 Å². The molecular formula is C8H7ClFNO2. The Hall–Kier alpha value is -1.29. The Balaban J connectivity index is 2.64. The predicted octanol–water partition coefficient (Wildman–Crippen LogP) is 1.89. The van der Waals surface area contributed by atoms with Crippen LogP contribution in [-0.4, -0.2) is 16.6 Å². The number of aliphatic carboxylic acids is 1. The summed E-state index contributed by atoms with van der Waals surface area (Å²) in [5.74, 6) is -1.56. The van der Waals surface area contributed by atoms with E-state index in [9.17, 15) is 9.18 Å². The van der Waals surface area contributed by atoms with Crippen molar-refractivity contribution in [1.82, 2.24) is 0 Å². The van der Waals surface area contributed by atoms with Crippen molar-refractivity contribution in [2.24, 2.45) is 0 Å². The molecule has 0 aromatic heterocycles. The van der Waals surface area contributed by atoms with Gasteiger partial charge in [-0.15, -0.1) is 0 Å². The number of hydrogen-bond acceptors (Lipinski definition) is 2. The summed E-state index contributed by atoms with van der Waals surface area (Å²) in [5, 5.41) is 10.9. The van der Waals surface area contributed by atoms with Crippen LogP contribution in [0.3, 0.4) is 0 Å². The third-order valence-electron chi connectivity index (χ3n) is 1.35. The SMILES string of the molecule is O=C(O)C(Cl)Nc1ccc(F)cc1. The molecule has 0 heterocycles. The van der Waals surface area contributed by atoms with Crippen molar-refractivity contribution >= 4 is 23.3 Å². The lowest BCUT2D eigenvalue weighted by Gasteiger charge is -2.07. The Morgan fingerprint density at radius 2 is 2.00 bits per heavy atom. The maximum Gasteiger partial charge on any atom is 0.341 e. The van der Waals surface area contributed by atoms with E-state index in [1.807, 2.05) is 0 Å². The van der Waals surface area contributed by atoms with Gasteiger partial charge in [0.05, 0.1) is 0 Å². The molecule has 1 aromatic rings. The first-order valence-electron chi connectivity index (χ1n) is 3.48. The first kappa shape index (κ1) is 9.80. The van der Waals surface area contributed by atoms with Gasteiger partial charge in [-0.3, -0.25) is 0 Å². The van der Waals surface area contributed by atoms with Gasteiger partial charge < -0.3 is 10.4 Å². The second-order valence-corrected chi connectivity index (χ2v) is 2.79. The number of alkyl halides is 1. The number of hydrogen-bond donors (Lipinski definition) is 2. The Kier molecular flexibility index (Phi) is 3.08. The van der Waals surface area contributed by atoms with Gasteiger partial charge in [-0.25, -0.2) is 9.18 Å². The second-order valence-electron chi connectivity index (χ2n) is 2.35. The standard InChI is InChI=1S/C8H7ClFNO2/c9-7(8(12)13)11-6-3-1-5(10)2-4-6/h1-4,7,11H,(H,12,13). The molecule has 2 N–H and O–H groups in total. The van der Waals surface area contributed by atoms with Crippen LogP contribution >= 0.6 is 11.6 Å². The lowest BCUT2D eigenvalue weighted by atomic mass is 10.3. The van der Waals surface area contributed by atoms with Crippen LogP contribution in [0.25, 0.3) is 0 Å². The summed E-state index contributed by atoms with van der Waals surface area (Å²) in [5.41, 5.74) is -0.741. The molecule has 0 fully saturated rings. The topological polar surface area (TPSA) is 49.3 Å². The van der Waals surface area contributed by atoms with E-state index in [0.29, 0.717) is 5.69 Å². The van der Waals surface area contributed by atoms with Crippen LogP contribution in [0, 0.1) is 5.82 Å². The third kappa shape index (κ3) is 2.91. The third-order valence-corrected chi connectivity index (χ3v) is 1.65. The summed E-state index contributed by atoms with van der Waals surface area (Å²) < 4.78 is 12.4. The highest BCUT2D eigenvalue weighted by Gasteiger charge is 2.11. The Morgan fingerprint density at radius 1 is 1.46 bits per heavy atom. The molecule has 0 saturated heterocycles. The summed E-state index contributed by atoms with van der Waals surface area (Å²) >= 11 is 5.39. The molecule has 1 unspecified atom stereocenters. The number of nitrogens with one attached hydrogen (secondary N) is 1. The number of carboxylic acid groups (broad SMARTS) is 1. The molecule has 0 radical (unpaired) electrons. The van der Waals surface area contributed by atoms with Gasteiger partial charge in [0.25, 0.3) is 0 Å². The van der Waals surface area contributed by atoms with Crippen LogP contribution < -0.4 is 5.32 Å². The molecule has 1 atom stereocenters. The van der Waals surface area contributed by atoms with E-state index in [2.05, 4.69) is 5.32 Å². The minimum atomic E-state index is -1.20. The van der Waals surface area contributed by atoms with Crippen molar-refractivity contribution in [1.29, 1.82) is 0 Å². The number of carbonyl (C=O) groups is 1. The predicted molar refractivity (Wildman–Crippen MR) is 47.3 cm³/mol. The average molecular weight is 204 g/mol. The van der Waals surface area contributed by atoms with Gasteiger partial charge in [0.1, 0.15) is 5.82 Å². The van der Waals surface area contributed by atoms with E-state index in [0.717, 1.165) is 0 Å². The zero-order valence-electron chi connectivity index (χ0n) is 6.50. The van der Waals surface area contributed by atoms with Gasteiger partial charge in [-0.1, -0.05) is 11.6 Å². The van der Waals surface area contributed by atoms with Crippen LogP contribution in [0.4, 0.5) is 10.1 Å². The molecule has 0 aliphatic heterocycles. The molecule has 5 heteroatoms. The number of anilines is 1. The Morgan fingerprint density at radius 3 is 2.46 bits per heavy atom. The molecule has 0 spiro atoms. The molecule has 0 aliphatic rings. The van der Waals surface area contributed by atoms with E-state index in [1.165, 1.54) is 24.3 Å². The fourth-order valence-corrected chi connectivity index (χ4v) is 0.880. The molecule has 70 valence electrons. The highest BCUT2D eigenvalue weighted by atomic mass is 35.5. The highest BCUT2D eigenvalue weighted by molar-refractivity contribution is 6.30. The largest absolute Gasteiger partial charge is 0.479 e. The quantitative estimate of drug-likeness (QED) is 0.583. The van der Waals surface area contributed by atoms with Crippen molar-refractivity contribution in [3.05, 3.63) is 30.1 Å². The molecule has 0 bridgehead atoms. The maximum atomic E-state index is 12.4. The first-order valence-corrected chi connectivity index (χ1v) is 3.92. The van der Waals surface area contributed by atoms with Crippen molar-refractivity contribution in [2.75, 3.05) is 5.32 Å². The van der Waals surface area contributed by atoms with E-state index < -0.39 is 11.5 Å². The van der Waals surface area contributed by atoms with Gasteiger partial charge in [-0.05, 0) is 24.3 Å². The molecule has 1 aromatic carbocycles. The number of halogens is 2. The smallest absolute Gasteiger partial charge is 0.341 e. The molecule has 1 rings (SSSR count). The summed E-state index contributed by atoms with van der Waals surface area (Å²) in [6.45, 7) is 0. The molecule has 13 heavy (non-hydrogen) atoms. The van der Waals surface area contributed by atoms with E-state index in [1.54, 1.807) is 0 Å². The molecule has 0 saturated carbocycles. The zero-order chi connectivity index (χ0) is 9.84. The Labute approximate surface area is 79.1 Å². The maximum absolute atomic E-state index is 12.4. The average Bonchev–Trinajstić information content (AvgIpc) is 2.08. The first-order chi connectivity index (χ1) is 6.09. The lowest BCUT2D eigenvalue weighted by molar-refractivity contribution is -0.136. The summed E-state index contributed by atoms with van der Waals surface area (Å²) in [6, 6.07) is 5.25. The van der Waals surface area contributed by atoms with E-state index >= 15 is 0 Å². The minimum Gasteiger partial charge on any atom is -0.479 e. The van der Waals surface area contributed by atoms with Crippen LogP contribution in [0.5, 0.6) is 0 Å². The van der Waals surface area contributed by atoms with Crippen molar-refractivity contribution in [2.45, 2.75) is 5.50 Å². The molecule has 3 nitrogen and oxygen atoms in total. The lowest BCUT2D eigenvalue weighted by Crippen LogP contribution is -2.22. The van der Waals surface area contributed by atoms with E-state index in [-0.39, 0.29) is 5.82 Å². The summed E-state index contributed by atoms with van der Waals surface area (Å²) in [6.07, 6.45) is 0. The van der Waals surface area contributed by atoms with Gasteiger partial charge in [0, 0.05) is 5.69 Å². The van der Waals surface area contributed by atoms with Crippen molar-refractivity contribution < 1.29 is 14.3 Å². The van der Waals surface area contributed by atoms with Gasteiger partial charge in [0.15, 0.2) is 5.50 Å². The highest BCUT2D eigenvalue weighted by Crippen LogP contribution is 2.10. The number of benzene rings is 1. The normalized spacial score (nSPS) is 12.2. The van der Waals surface area contributed by atoms with Crippen LogP contribution in [0.1, 0.15) is 0 Å². The second kappa shape index (κ2) is 4.09. The zero-order valence-corrected chi connectivity index (χ0v) is 7.25. The Bertz CT molecular complexity index is 302. The van der Waals surface area contributed by atoms with Gasteiger partial charge in [0.2, 0.25) is 0 Å². The molecule has 0 aliphatic carbocycles. The van der Waals surface area contributed by atoms with Crippen molar-refractivity contribution in [3.8, 4) is 0 Å². The fraction of sp³-hybridized carbons (Fsp3) is 0.125. The minimum absolute atomic E-state index is 0.382. The van der Waals surface area contributed by atoms with Gasteiger partial charge >= 0.3 is 5.97 Å². The van der Waals surface area contributed by atoms with Crippen molar-refractivity contribution in [3.63, 3.8) is 0 Å². The summed E-state index contributed by atoms with van der Waals surface area (Å²) in [4.78, 5) is 10.3. The molecule has 0 amide bonds. The van der Waals surface area contributed by atoms with E-state index in [4.69, 9.17) is 16.7 Å². The summed E-state index contributed by atoms with van der Waals surface area (Å²) in [7, 11) is 0. The van der Waals surface area contributed by atoms with Crippen LogP contribution in [0.15, 0.2) is 24.3 Å². The molecular weight excluding hydrogens is 197 g/mol.